The predicted molar refractivity (Wildman–Crippen MR) is 78.5 cm³/mol. The Labute approximate surface area is 126 Å². The van der Waals surface area contributed by atoms with E-state index in [0.29, 0.717) is 30.3 Å². The predicted octanol–water partition coefficient (Wildman–Crippen LogP) is 1.65. The highest BCUT2D eigenvalue weighted by atomic mass is 79.9. The van der Waals surface area contributed by atoms with Gasteiger partial charge in [0.2, 0.25) is 0 Å². The minimum Gasteiger partial charge on any atom is -0.486 e. The van der Waals surface area contributed by atoms with E-state index < -0.39 is 0 Å². The van der Waals surface area contributed by atoms with Gasteiger partial charge in [0.25, 0.3) is 5.91 Å². The summed E-state index contributed by atoms with van der Waals surface area (Å²) in [5.41, 5.74) is 0.621. The van der Waals surface area contributed by atoms with Gasteiger partial charge in [-0.2, -0.15) is 0 Å². The maximum atomic E-state index is 12.6. The highest BCUT2D eigenvalue weighted by Gasteiger charge is 2.26. The molecule has 2 aliphatic rings. The fourth-order valence-corrected chi connectivity index (χ4v) is 3.13. The van der Waals surface area contributed by atoms with E-state index in [0.717, 1.165) is 24.0 Å². The number of benzene rings is 1. The first-order valence-corrected chi connectivity index (χ1v) is 7.53. The lowest BCUT2D eigenvalue weighted by Gasteiger charge is -2.25. The summed E-state index contributed by atoms with van der Waals surface area (Å²) in [5.74, 6) is 1.32. The molecule has 2 aliphatic heterocycles. The Morgan fingerprint density at radius 1 is 1.40 bits per heavy atom. The normalized spacial score (nSPS) is 20.8. The number of nitrogens with zero attached hydrogens (tertiary/aromatic N) is 1. The lowest BCUT2D eigenvalue weighted by molar-refractivity contribution is 0.0742. The van der Waals surface area contributed by atoms with Gasteiger partial charge in [0.15, 0.2) is 11.5 Å². The molecule has 0 saturated carbocycles. The zero-order valence-corrected chi connectivity index (χ0v) is 12.9. The molecule has 5 nitrogen and oxygen atoms in total. The molecular weight excluding hydrogens is 324 g/mol. The third-order valence-electron chi connectivity index (χ3n) is 3.75. The number of nitrogens with one attached hydrogen (secondary N) is 1. The van der Waals surface area contributed by atoms with Gasteiger partial charge < -0.3 is 19.7 Å². The summed E-state index contributed by atoms with van der Waals surface area (Å²) in [6, 6.07) is 3.82. The Bertz CT molecular complexity index is 529. The van der Waals surface area contributed by atoms with E-state index in [9.17, 15) is 4.79 Å². The number of ether oxygens (including phenoxy) is 2. The van der Waals surface area contributed by atoms with Gasteiger partial charge in [-0.05, 0) is 41.0 Å². The molecular formula is C14H17BrN2O3. The Balaban J connectivity index is 1.86. The van der Waals surface area contributed by atoms with Gasteiger partial charge in [0.1, 0.15) is 13.2 Å². The van der Waals surface area contributed by atoms with Crippen molar-refractivity contribution in [1.82, 2.24) is 10.2 Å². The van der Waals surface area contributed by atoms with Crippen LogP contribution in [-0.4, -0.2) is 50.2 Å². The van der Waals surface area contributed by atoms with Gasteiger partial charge in [0.05, 0.1) is 4.47 Å². The molecule has 3 rings (SSSR count). The van der Waals surface area contributed by atoms with Crippen molar-refractivity contribution in [3.8, 4) is 11.5 Å². The van der Waals surface area contributed by atoms with Crippen LogP contribution >= 0.6 is 15.9 Å². The van der Waals surface area contributed by atoms with Gasteiger partial charge in [0, 0.05) is 25.2 Å². The standard InChI is InChI=1S/C14H17BrN2O3/c1-17(10-2-3-16-8-10)14(18)9-6-11(15)13-12(7-9)19-4-5-20-13/h6-7,10,16H,2-5,8H2,1H3. The molecule has 108 valence electrons. The molecule has 1 unspecified atom stereocenters. The Morgan fingerprint density at radius 3 is 2.95 bits per heavy atom. The van der Waals surface area contributed by atoms with Crippen LogP contribution in [0.3, 0.4) is 0 Å². The van der Waals surface area contributed by atoms with E-state index in [-0.39, 0.29) is 11.9 Å². The van der Waals surface area contributed by atoms with Gasteiger partial charge in [-0.25, -0.2) is 0 Å². The molecule has 1 aromatic carbocycles. The monoisotopic (exact) mass is 340 g/mol. The summed E-state index contributed by atoms with van der Waals surface area (Å²) in [7, 11) is 1.85. The maximum Gasteiger partial charge on any atom is 0.254 e. The van der Waals surface area contributed by atoms with Crippen LogP contribution in [0.4, 0.5) is 0 Å². The number of halogens is 1. The van der Waals surface area contributed by atoms with E-state index in [1.807, 2.05) is 7.05 Å². The summed E-state index contributed by atoms with van der Waals surface area (Å²) in [4.78, 5) is 14.4. The van der Waals surface area contributed by atoms with E-state index in [2.05, 4.69) is 21.2 Å². The molecule has 1 amide bonds. The van der Waals surface area contributed by atoms with Crippen LogP contribution in [0.25, 0.3) is 0 Å². The van der Waals surface area contributed by atoms with Gasteiger partial charge in [-0.15, -0.1) is 0 Å². The molecule has 20 heavy (non-hydrogen) atoms. The van der Waals surface area contributed by atoms with E-state index >= 15 is 0 Å². The Morgan fingerprint density at radius 2 is 2.20 bits per heavy atom. The molecule has 0 spiro atoms. The van der Waals surface area contributed by atoms with Gasteiger partial charge >= 0.3 is 0 Å². The van der Waals surface area contributed by atoms with Crippen LogP contribution in [0.2, 0.25) is 0 Å². The fraction of sp³-hybridized carbons (Fsp3) is 0.500. The molecule has 0 aromatic heterocycles. The first-order valence-electron chi connectivity index (χ1n) is 6.74. The lowest BCUT2D eigenvalue weighted by Crippen LogP contribution is -2.38. The topological polar surface area (TPSA) is 50.8 Å². The molecule has 0 aliphatic carbocycles. The van der Waals surface area contributed by atoms with Crippen LogP contribution in [0.15, 0.2) is 16.6 Å². The number of fused-ring (bicyclic) bond motifs is 1. The van der Waals surface area contributed by atoms with Crippen molar-refractivity contribution in [3.63, 3.8) is 0 Å². The number of carbonyl (C=O) groups is 1. The lowest BCUT2D eigenvalue weighted by atomic mass is 10.1. The smallest absolute Gasteiger partial charge is 0.254 e. The molecule has 1 fully saturated rings. The molecule has 1 N–H and O–H groups in total. The van der Waals surface area contributed by atoms with Crippen LogP contribution in [-0.2, 0) is 0 Å². The molecule has 0 radical (unpaired) electrons. The van der Waals surface area contributed by atoms with E-state index in [4.69, 9.17) is 9.47 Å². The average Bonchev–Trinajstić information content (AvgIpc) is 3.00. The van der Waals surface area contributed by atoms with Crippen molar-refractivity contribution >= 4 is 21.8 Å². The summed E-state index contributed by atoms with van der Waals surface area (Å²) in [5, 5.41) is 3.27. The summed E-state index contributed by atoms with van der Waals surface area (Å²) in [6.45, 7) is 2.87. The van der Waals surface area contributed by atoms with Crippen molar-refractivity contribution in [2.24, 2.45) is 0 Å². The molecule has 1 atom stereocenters. The zero-order chi connectivity index (χ0) is 14.1. The van der Waals surface area contributed by atoms with Crippen LogP contribution in [0, 0.1) is 0 Å². The molecule has 2 heterocycles. The second-order valence-corrected chi connectivity index (χ2v) is 5.90. The molecule has 1 saturated heterocycles. The second-order valence-electron chi connectivity index (χ2n) is 5.04. The van der Waals surface area contributed by atoms with Crippen molar-refractivity contribution in [2.75, 3.05) is 33.4 Å². The van der Waals surface area contributed by atoms with Crippen LogP contribution < -0.4 is 14.8 Å². The second kappa shape index (κ2) is 5.61. The van der Waals surface area contributed by atoms with Crippen LogP contribution in [0.1, 0.15) is 16.8 Å². The summed E-state index contributed by atoms with van der Waals surface area (Å²) in [6.07, 6.45) is 0.994. The SMILES string of the molecule is CN(C(=O)c1cc(Br)c2c(c1)OCCO2)C1CCNC1. The van der Waals surface area contributed by atoms with E-state index in [1.54, 1.807) is 17.0 Å². The zero-order valence-electron chi connectivity index (χ0n) is 11.3. The number of amides is 1. The quantitative estimate of drug-likeness (QED) is 0.889. The average molecular weight is 341 g/mol. The molecule has 6 heteroatoms. The minimum atomic E-state index is 0.0105. The van der Waals surface area contributed by atoms with Gasteiger partial charge in [-0.3, -0.25) is 4.79 Å². The van der Waals surface area contributed by atoms with Crippen molar-refractivity contribution in [3.05, 3.63) is 22.2 Å². The Kier molecular flexibility index (Phi) is 3.85. The third kappa shape index (κ3) is 2.50. The highest BCUT2D eigenvalue weighted by Crippen LogP contribution is 2.38. The number of likely N-dealkylation sites (N-methyl/N-ethyl adjacent to an activating group) is 1. The van der Waals surface area contributed by atoms with Crippen molar-refractivity contribution in [2.45, 2.75) is 12.5 Å². The first kappa shape index (κ1) is 13.7. The largest absolute Gasteiger partial charge is 0.486 e. The number of rotatable bonds is 2. The van der Waals surface area contributed by atoms with Crippen LogP contribution in [0.5, 0.6) is 11.5 Å². The Hall–Kier alpha value is -1.27. The highest BCUT2D eigenvalue weighted by molar-refractivity contribution is 9.10. The van der Waals surface area contributed by atoms with Crippen molar-refractivity contribution in [1.29, 1.82) is 0 Å². The first-order chi connectivity index (χ1) is 9.66. The van der Waals surface area contributed by atoms with E-state index in [1.165, 1.54) is 0 Å². The minimum absolute atomic E-state index is 0.0105. The fourth-order valence-electron chi connectivity index (χ4n) is 2.57. The summed E-state index contributed by atoms with van der Waals surface area (Å²) < 4.78 is 11.9. The number of hydrogen-bond donors (Lipinski definition) is 1. The number of carbonyl (C=O) groups excluding carboxylic acids is 1. The van der Waals surface area contributed by atoms with Crippen molar-refractivity contribution < 1.29 is 14.3 Å². The maximum absolute atomic E-state index is 12.6. The molecule has 0 bridgehead atoms. The molecule has 1 aromatic rings. The third-order valence-corrected chi connectivity index (χ3v) is 4.34. The van der Waals surface area contributed by atoms with Gasteiger partial charge in [-0.1, -0.05) is 0 Å². The summed E-state index contributed by atoms with van der Waals surface area (Å²) >= 11 is 3.45. The number of hydrogen-bond acceptors (Lipinski definition) is 4.